The molecule has 0 bridgehead atoms. The summed E-state index contributed by atoms with van der Waals surface area (Å²) in [5.41, 5.74) is 1.84. The highest BCUT2D eigenvalue weighted by atomic mass is 16.2. The molecule has 2 aliphatic heterocycles. The first-order valence-corrected chi connectivity index (χ1v) is 9.34. The SMILES string of the molecule is CC.CC(=O)N1CCN(c2cc(C)n(C3CC4(CNC4)C3)n2)CC1. The molecule has 1 aliphatic carbocycles. The van der Waals surface area contributed by atoms with Crippen LogP contribution in [-0.2, 0) is 4.79 Å². The first-order chi connectivity index (χ1) is 11.6. The number of piperazine rings is 1. The fourth-order valence-electron chi connectivity index (χ4n) is 4.13. The fraction of sp³-hybridized carbons (Fsp3) is 0.778. The third-order valence-corrected chi connectivity index (χ3v) is 5.64. The lowest BCUT2D eigenvalue weighted by atomic mass is 9.62. The third kappa shape index (κ3) is 3.04. The predicted octanol–water partition coefficient (Wildman–Crippen LogP) is 1.81. The number of anilines is 1. The van der Waals surface area contributed by atoms with Crippen molar-refractivity contribution in [3.05, 3.63) is 11.8 Å². The van der Waals surface area contributed by atoms with Crippen LogP contribution >= 0.6 is 0 Å². The zero-order valence-electron chi connectivity index (χ0n) is 15.5. The Labute approximate surface area is 145 Å². The van der Waals surface area contributed by atoms with Crippen LogP contribution < -0.4 is 10.2 Å². The number of hydrogen-bond acceptors (Lipinski definition) is 4. The number of aromatic nitrogens is 2. The van der Waals surface area contributed by atoms with Gasteiger partial charge in [-0.2, -0.15) is 5.10 Å². The smallest absolute Gasteiger partial charge is 0.219 e. The molecule has 4 rings (SSSR count). The van der Waals surface area contributed by atoms with Crippen LogP contribution in [0, 0.1) is 12.3 Å². The Kier molecular flexibility index (Phi) is 4.85. The van der Waals surface area contributed by atoms with Crippen LogP contribution in [0.3, 0.4) is 0 Å². The zero-order chi connectivity index (χ0) is 17.3. The van der Waals surface area contributed by atoms with E-state index in [4.69, 9.17) is 5.10 Å². The van der Waals surface area contributed by atoms with Gasteiger partial charge in [-0.25, -0.2) is 0 Å². The summed E-state index contributed by atoms with van der Waals surface area (Å²) >= 11 is 0. The van der Waals surface area contributed by atoms with Gasteiger partial charge in [0.1, 0.15) is 0 Å². The molecule has 134 valence electrons. The second-order valence-electron chi connectivity index (χ2n) is 7.25. The van der Waals surface area contributed by atoms with Gasteiger partial charge in [0, 0.05) is 58.0 Å². The topological polar surface area (TPSA) is 53.4 Å². The lowest BCUT2D eigenvalue weighted by molar-refractivity contribution is -0.129. The predicted molar refractivity (Wildman–Crippen MR) is 96.4 cm³/mol. The fourth-order valence-corrected chi connectivity index (χ4v) is 4.13. The van der Waals surface area contributed by atoms with Gasteiger partial charge in [0.2, 0.25) is 5.91 Å². The highest BCUT2D eigenvalue weighted by Crippen LogP contribution is 2.51. The molecular weight excluding hydrogens is 302 g/mol. The van der Waals surface area contributed by atoms with Crippen molar-refractivity contribution in [1.29, 1.82) is 0 Å². The van der Waals surface area contributed by atoms with E-state index in [9.17, 15) is 4.79 Å². The summed E-state index contributed by atoms with van der Waals surface area (Å²) in [6, 6.07) is 2.78. The average Bonchev–Trinajstić information content (AvgIpc) is 2.89. The first-order valence-electron chi connectivity index (χ1n) is 9.34. The Morgan fingerprint density at radius 1 is 1.21 bits per heavy atom. The van der Waals surface area contributed by atoms with Crippen molar-refractivity contribution in [2.24, 2.45) is 5.41 Å². The molecule has 0 radical (unpaired) electrons. The number of aryl methyl sites for hydroxylation is 1. The van der Waals surface area contributed by atoms with Crippen molar-refractivity contribution in [1.82, 2.24) is 20.0 Å². The maximum atomic E-state index is 11.4. The van der Waals surface area contributed by atoms with Crippen molar-refractivity contribution < 1.29 is 4.79 Å². The van der Waals surface area contributed by atoms with E-state index in [1.54, 1.807) is 6.92 Å². The molecule has 3 fully saturated rings. The van der Waals surface area contributed by atoms with Crippen LogP contribution in [0.15, 0.2) is 6.07 Å². The summed E-state index contributed by atoms with van der Waals surface area (Å²) in [5.74, 6) is 1.25. The minimum Gasteiger partial charge on any atom is -0.352 e. The molecule has 3 heterocycles. The van der Waals surface area contributed by atoms with Crippen molar-refractivity contribution in [3.8, 4) is 0 Å². The highest BCUT2D eigenvalue weighted by Gasteiger charge is 2.49. The molecule has 1 saturated carbocycles. The summed E-state index contributed by atoms with van der Waals surface area (Å²) in [4.78, 5) is 15.6. The molecule has 1 amide bonds. The molecule has 0 atom stereocenters. The average molecular weight is 333 g/mol. The van der Waals surface area contributed by atoms with Gasteiger partial charge in [-0.1, -0.05) is 13.8 Å². The molecule has 1 N–H and O–H groups in total. The van der Waals surface area contributed by atoms with E-state index >= 15 is 0 Å². The first kappa shape index (κ1) is 17.3. The standard InChI is InChI=1S/C16H25N5O.C2H6/c1-12-7-15(20-5-3-19(4-6-20)13(2)22)18-21(12)14-8-16(9-14)10-17-11-16;1-2/h7,14,17H,3-6,8-11H2,1-2H3;1-2H3. The van der Waals surface area contributed by atoms with Gasteiger partial charge in [0.15, 0.2) is 5.82 Å². The number of carbonyl (C=O) groups excluding carboxylic acids is 1. The number of carbonyl (C=O) groups is 1. The van der Waals surface area contributed by atoms with Gasteiger partial charge in [0.05, 0.1) is 6.04 Å². The summed E-state index contributed by atoms with van der Waals surface area (Å²) in [6.45, 7) is 13.6. The van der Waals surface area contributed by atoms with E-state index in [1.807, 2.05) is 18.7 Å². The minimum atomic E-state index is 0.176. The Morgan fingerprint density at radius 2 is 1.83 bits per heavy atom. The molecule has 0 aromatic carbocycles. The van der Waals surface area contributed by atoms with Crippen molar-refractivity contribution in [3.63, 3.8) is 0 Å². The summed E-state index contributed by atoms with van der Waals surface area (Å²) in [6.07, 6.45) is 2.53. The molecule has 3 aliphatic rings. The molecule has 2 saturated heterocycles. The van der Waals surface area contributed by atoms with E-state index in [0.29, 0.717) is 11.5 Å². The molecule has 6 nitrogen and oxygen atoms in total. The second-order valence-corrected chi connectivity index (χ2v) is 7.25. The van der Waals surface area contributed by atoms with E-state index in [1.165, 1.54) is 31.6 Å². The normalized spacial score (nSPS) is 22.5. The molecule has 24 heavy (non-hydrogen) atoms. The summed E-state index contributed by atoms with van der Waals surface area (Å²) in [7, 11) is 0. The summed E-state index contributed by atoms with van der Waals surface area (Å²) < 4.78 is 2.23. The highest BCUT2D eigenvalue weighted by molar-refractivity contribution is 5.73. The Balaban J connectivity index is 0.000000815. The van der Waals surface area contributed by atoms with E-state index in [0.717, 1.165) is 32.0 Å². The number of nitrogens with one attached hydrogen (secondary N) is 1. The van der Waals surface area contributed by atoms with Crippen LogP contribution in [0.25, 0.3) is 0 Å². The largest absolute Gasteiger partial charge is 0.352 e. The Bertz CT molecular complexity index is 576. The zero-order valence-corrected chi connectivity index (χ0v) is 15.5. The number of rotatable bonds is 2. The van der Waals surface area contributed by atoms with Crippen LogP contribution in [0.4, 0.5) is 5.82 Å². The molecule has 6 heteroatoms. The van der Waals surface area contributed by atoms with Gasteiger partial charge in [0.25, 0.3) is 0 Å². The van der Waals surface area contributed by atoms with Crippen molar-refractivity contribution in [2.45, 2.75) is 46.6 Å². The molecule has 1 aromatic rings. The maximum absolute atomic E-state index is 11.4. The minimum absolute atomic E-state index is 0.176. The van der Waals surface area contributed by atoms with Gasteiger partial charge in [-0.05, 0) is 25.2 Å². The van der Waals surface area contributed by atoms with Crippen LogP contribution in [0.1, 0.15) is 45.3 Å². The van der Waals surface area contributed by atoms with E-state index in [2.05, 4.69) is 27.9 Å². The second kappa shape index (κ2) is 6.75. The molecule has 0 unspecified atom stereocenters. The molecular formula is C18H31N5O. The lowest BCUT2D eigenvalue weighted by Crippen LogP contribution is -2.60. The van der Waals surface area contributed by atoms with Crippen molar-refractivity contribution in [2.75, 3.05) is 44.2 Å². The maximum Gasteiger partial charge on any atom is 0.219 e. The van der Waals surface area contributed by atoms with Crippen LogP contribution in [0.5, 0.6) is 0 Å². The van der Waals surface area contributed by atoms with Gasteiger partial charge in [-0.15, -0.1) is 0 Å². The Morgan fingerprint density at radius 3 is 2.33 bits per heavy atom. The quantitative estimate of drug-likeness (QED) is 0.897. The number of amides is 1. The lowest BCUT2D eigenvalue weighted by Gasteiger charge is -2.54. The van der Waals surface area contributed by atoms with Crippen LogP contribution in [0.2, 0.25) is 0 Å². The third-order valence-electron chi connectivity index (χ3n) is 5.64. The summed E-state index contributed by atoms with van der Waals surface area (Å²) in [5, 5.41) is 8.26. The Hall–Kier alpha value is -1.56. The number of nitrogens with zero attached hydrogens (tertiary/aromatic N) is 4. The molecule has 1 spiro atoms. The monoisotopic (exact) mass is 333 g/mol. The van der Waals surface area contributed by atoms with Gasteiger partial charge < -0.3 is 15.1 Å². The van der Waals surface area contributed by atoms with Gasteiger partial charge >= 0.3 is 0 Å². The number of hydrogen-bond donors (Lipinski definition) is 1. The van der Waals surface area contributed by atoms with Crippen molar-refractivity contribution >= 4 is 11.7 Å². The van der Waals surface area contributed by atoms with E-state index < -0.39 is 0 Å². The molecule has 1 aromatic heterocycles. The van der Waals surface area contributed by atoms with Gasteiger partial charge in [-0.3, -0.25) is 9.48 Å². The van der Waals surface area contributed by atoms with E-state index in [-0.39, 0.29) is 5.91 Å². The van der Waals surface area contributed by atoms with Crippen LogP contribution in [-0.4, -0.2) is 59.9 Å².